The second kappa shape index (κ2) is 14.3. The fraction of sp³-hybridized carbons (Fsp3) is 0. The molecule has 0 atom stereocenters. The van der Waals surface area contributed by atoms with Crippen LogP contribution >= 0.6 is 0 Å². The molecule has 0 N–H and O–H groups in total. The second-order valence-electron chi connectivity index (χ2n) is 16.6. The fourth-order valence-electron chi connectivity index (χ4n) is 10.3. The lowest BCUT2D eigenvalue weighted by Crippen LogP contribution is -2.26. The van der Waals surface area contributed by atoms with Crippen LogP contribution in [0, 0.1) is 0 Å². The highest BCUT2D eigenvalue weighted by molar-refractivity contribution is 6.67. The van der Waals surface area contributed by atoms with Crippen molar-refractivity contribution >= 4 is 95.8 Å². The minimum atomic E-state index is 0.528. The van der Waals surface area contributed by atoms with Gasteiger partial charge < -0.3 is 9.13 Å². The van der Waals surface area contributed by atoms with Gasteiger partial charge in [-0.15, -0.1) is 0 Å². The zero-order chi connectivity index (χ0) is 41.4. The minimum absolute atomic E-state index is 0.528. The Morgan fingerprint density at radius 1 is 0.254 bits per heavy atom. The summed E-state index contributed by atoms with van der Waals surface area (Å²) in [5, 5.41) is 15.1. The number of benzene rings is 11. The van der Waals surface area contributed by atoms with Gasteiger partial charge in [-0.2, -0.15) is 0 Å². The smallest absolute Gasteiger partial charge is 0.121 e. The van der Waals surface area contributed by atoms with Gasteiger partial charge in [-0.05, 0) is 103 Å². The van der Waals surface area contributed by atoms with E-state index in [0.29, 0.717) is 9.52 Å². The lowest BCUT2D eigenvalue weighted by molar-refractivity contribution is 1.14. The van der Waals surface area contributed by atoms with Crippen molar-refractivity contribution in [1.29, 1.82) is 0 Å². The third-order valence-corrected chi connectivity index (χ3v) is 14.2. The van der Waals surface area contributed by atoms with Crippen molar-refractivity contribution in [1.82, 2.24) is 9.13 Å². The van der Waals surface area contributed by atoms with Crippen LogP contribution in [0.1, 0.15) is 0 Å². The van der Waals surface area contributed by atoms with Crippen LogP contribution in [0.25, 0.3) is 110 Å². The number of nitrogens with zero attached hydrogens (tertiary/aromatic N) is 2. The molecule has 0 aliphatic rings. The van der Waals surface area contributed by atoms with E-state index in [1.54, 1.807) is 0 Å². The Hall–Kier alpha value is -7.98. The van der Waals surface area contributed by atoms with E-state index in [9.17, 15) is 0 Å². The monoisotopic (exact) mass is 814 g/mol. The normalized spacial score (nSPS) is 11.9. The van der Waals surface area contributed by atoms with Crippen LogP contribution in [-0.4, -0.2) is 18.7 Å². The Bertz CT molecular complexity index is 3710. The zero-order valence-electron chi connectivity index (χ0n) is 34.3. The van der Waals surface area contributed by atoms with Gasteiger partial charge in [0.25, 0.3) is 0 Å². The molecule has 2 nitrogen and oxygen atoms in total. The zero-order valence-corrected chi connectivity index (χ0v) is 35.3. The van der Waals surface area contributed by atoms with Crippen LogP contribution < -0.4 is 10.4 Å². The summed E-state index contributed by atoms with van der Waals surface area (Å²) in [4.78, 5) is 0. The van der Waals surface area contributed by atoms with E-state index in [0.717, 1.165) is 11.4 Å². The molecule has 2 aromatic heterocycles. The molecule has 3 heteroatoms. The molecule has 13 aromatic rings. The molecule has 0 unspecified atom stereocenters. The number of para-hydroxylation sites is 4. The van der Waals surface area contributed by atoms with Crippen LogP contribution in [0.3, 0.4) is 0 Å². The third-order valence-electron chi connectivity index (χ3n) is 13.0. The molecule has 0 fully saturated rings. The highest BCUT2D eigenvalue weighted by Crippen LogP contribution is 2.46. The summed E-state index contributed by atoms with van der Waals surface area (Å²) in [5.41, 5.74) is 11.9. The third kappa shape index (κ3) is 5.71. The van der Waals surface area contributed by atoms with E-state index in [1.165, 1.54) is 109 Å². The molecular formula is C60H38N2Si. The number of hydrogen-bond donors (Lipinski definition) is 0. The van der Waals surface area contributed by atoms with E-state index < -0.39 is 0 Å². The van der Waals surface area contributed by atoms with Crippen molar-refractivity contribution in [3.05, 3.63) is 231 Å². The maximum Gasteiger partial charge on any atom is 0.121 e. The lowest BCUT2D eigenvalue weighted by atomic mass is 9.85. The van der Waals surface area contributed by atoms with Crippen LogP contribution in [0.2, 0.25) is 0 Å². The van der Waals surface area contributed by atoms with Gasteiger partial charge in [0.1, 0.15) is 9.52 Å². The Morgan fingerprint density at radius 2 is 0.698 bits per heavy atom. The first-order valence-corrected chi connectivity index (χ1v) is 22.7. The molecule has 0 spiro atoms. The Balaban J connectivity index is 1.18. The van der Waals surface area contributed by atoms with Crippen molar-refractivity contribution < 1.29 is 0 Å². The Labute approximate surface area is 367 Å². The molecule has 13 rings (SSSR count). The van der Waals surface area contributed by atoms with Crippen molar-refractivity contribution in [3.8, 4) is 33.6 Å². The molecule has 0 amide bonds. The van der Waals surface area contributed by atoms with Crippen molar-refractivity contribution in [2.45, 2.75) is 0 Å². The molecule has 2 heterocycles. The van der Waals surface area contributed by atoms with Crippen LogP contribution in [0.4, 0.5) is 0 Å². The summed E-state index contributed by atoms with van der Waals surface area (Å²) in [7, 11) is 0.528. The highest BCUT2D eigenvalue weighted by Gasteiger charge is 2.22. The van der Waals surface area contributed by atoms with E-state index >= 15 is 0 Å². The summed E-state index contributed by atoms with van der Waals surface area (Å²) in [6, 6.07) is 85.5. The van der Waals surface area contributed by atoms with Gasteiger partial charge >= 0.3 is 0 Å². The SMILES string of the molecule is c1ccc([Si]c2ccc3c(-c4ccc5ccccc5c4)c4ccccc4c(-c4cc(-n5c6ccccc6c6ccccc65)cc(-n5c6ccccc6c6ccccc65)c4)c3c2)cc1. The fourth-order valence-corrected chi connectivity index (χ4v) is 11.4. The van der Waals surface area contributed by atoms with Gasteiger partial charge in [-0.25, -0.2) is 0 Å². The molecule has 63 heavy (non-hydrogen) atoms. The molecule has 11 aromatic carbocycles. The minimum Gasteiger partial charge on any atom is -0.309 e. The lowest BCUT2D eigenvalue weighted by Gasteiger charge is -2.21. The Kier molecular flexibility index (Phi) is 8.12. The van der Waals surface area contributed by atoms with Gasteiger partial charge in [0.15, 0.2) is 0 Å². The van der Waals surface area contributed by atoms with Gasteiger partial charge in [-0.3, -0.25) is 0 Å². The molecule has 0 saturated carbocycles. The maximum absolute atomic E-state index is 2.49. The van der Waals surface area contributed by atoms with Crippen molar-refractivity contribution in [3.63, 3.8) is 0 Å². The Morgan fingerprint density at radius 3 is 1.25 bits per heavy atom. The first-order valence-electron chi connectivity index (χ1n) is 21.7. The second-order valence-corrected chi connectivity index (χ2v) is 18.0. The highest BCUT2D eigenvalue weighted by atomic mass is 28.2. The molecule has 0 aliphatic heterocycles. The average molecular weight is 815 g/mol. The quantitative estimate of drug-likeness (QED) is 0.117. The number of rotatable bonds is 6. The predicted molar refractivity (Wildman–Crippen MR) is 270 cm³/mol. The van der Waals surface area contributed by atoms with E-state index in [4.69, 9.17) is 0 Å². The molecule has 0 saturated heterocycles. The van der Waals surface area contributed by atoms with Crippen LogP contribution in [0.15, 0.2) is 231 Å². The molecule has 2 radical (unpaired) electrons. The van der Waals surface area contributed by atoms with E-state index in [1.807, 2.05) is 0 Å². The standard InChI is InChI=1S/C60H38N2Si/c1-2-18-45(19-3-1)63-46-32-33-53-54(38-46)60(52-25-7-6-24-51(52)59(53)41-31-30-39-16-4-5-17-40(39)34-41)42-35-43(61-55-26-12-8-20-47(55)48-21-9-13-27-56(48)61)37-44(36-42)62-57-28-14-10-22-49(57)50-23-11-15-29-58(50)62/h1-38H. The van der Waals surface area contributed by atoms with Crippen LogP contribution in [-0.2, 0) is 0 Å². The predicted octanol–water partition coefficient (Wildman–Crippen LogP) is 14.3. The van der Waals surface area contributed by atoms with Crippen LogP contribution in [0.5, 0.6) is 0 Å². The van der Waals surface area contributed by atoms with E-state index in [2.05, 4.69) is 240 Å². The van der Waals surface area contributed by atoms with Gasteiger partial charge in [0, 0.05) is 32.9 Å². The number of fused-ring (bicyclic) bond motifs is 9. The van der Waals surface area contributed by atoms with Gasteiger partial charge in [0.2, 0.25) is 0 Å². The molecule has 0 bridgehead atoms. The summed E-state index contributed by atoms with van der Waals surface area (Å²) in [5.74, 6) is 0. The first-order chi connectivity index (χ1) is 31.2. The summed E-state index contributed by atoms with van der Waals surface area (Å²) in [6.45, 7) is 0. The molecule has 292 valence electrons. The number of aromatic nitrogens is 2. The summed E-state index contributed by atoms with van der Waals surface area (Å²) >= 11 is 0. The first kappa shape index (κ1) is 35.7. The van der Waals surface area contributed by atoms with Crippen molar-refractivity contribution in [2.75, 3.05) is 0 Å². The summed E-state index contributed by atoms with van der Waals surface area (Å²) < 4.78 is 4.95. The maximum atomic E-state index is 2.49. The van der Waals surface area contributed by atoms with E-state index in [-0.39, 0.29) is 0 Å². The molecular weight excluding hydrogens is 777 g/mol. The number of hydrogen-bond acceptors (Lipinski definition) is 0. The van der Waals surface area contributed by atoms with Crippen molar-refractivity contribution in [2.24, 2.45) is 0 Å². The van der Waals surface area contributed by atoms with Gasteiger partial charge in [0.05, 0.1) is 22.1 Å². The van der Waals surface area contributed by atoms with Gasteiger partial charge in [-0.1, -0.05) is 192 Å². The summed E-state index contributed by atoms with van der Waals surface area (Å²) in [6.07, 6.45) is 0. The average Bonchev–Trinajstić information content (AvgIpc) is 3.86. The largest absolute Gasteiger partial charge is 0.309 e. The molecule has 0 aliphatic carbocycles. The topological polar surface area (TPSA) is 9.86 Å².